The highest BCUT2D eigenvalue weighted by Gasteiger charge is 2.14. The molecule has 4 heterocycles. The van der Waals surface area contributed by atoms with Gasteiger partial charge in [0.15, 0.2) is 17.9 Å². The zero-order valence-electron chi connectivity index (χ0n) is 12.4. The molecule has 5 rings (SSSR count). The normalized spacial score (nSPS) is 11.7. The Kier molecular flexibility index (Phi) is 2.36. The first kappa shape index (κ1) is 12.3. The SMILES string of the molecule is C[n+]1ccc2nc3c4cccnc4c4ncccc4c3nc2c1. The van der Waals surface area contributed by atoms with E-state index in [2.05, 4.69) is 9.97 Å². The van der Waals surface area contributed by atoms with Gasteiger partial charge in [-0.25, -0.2) is 14.5 Å². The predicted molar refractivity (Wildman–Crippen MR) is 88.8 cm³/mol. The Bertz CT molecular complexity index is 1230. The van der Waals surface area contributed by atoms with Gasteiger partial charge in [-0.3, -0.25) is 9.97 Å². The van der Waals surface area contributed by atoms with Crippen LogP contribution in [0.2, 0.25) is 0 Å². The van der Waals surface area contributed by atoms with E-state index in [0.29, 0.717) is 0 Å². The van der Waals surface area contributed by atoms with Crippen LogP contribution in [0, 0.1) is 0 Å². The van der Waals surface area contributed by atoms with E-state index in [1.165, 1.54) is 0 Å². The standard InChI is InChI=1S/C18H12N5/c1-23-9-6-13-14(10-23)22-18-12-5-3-8-20-16(12)15-11(17(18)21-13)4-2-7-19-15/h2-10H,1H3/q+1. The van der Waals surface area contributed by atoms with Gasteiger partial charge in [0.1, 0.15) is 12.6 Å². The molecule has 0 spiro atoms. The van der Waals surface area contributed by atoms with Crippen molar-refractivity contribution in [3.63, 3.8) is 0 Å². The molecule has 0 aliphatic carbocycles. The molecular formula is C18H12N5+. The lowest BCUT2D eigenvalue weighted by atomic mass is 10.1. The summed E-state index contributed by atoms with van der Waals surface area (Å²) in [4.78, 5) is 18.8. The minimum atomic E-state index is 0.865. The van der Waals surface area contributed by atoms with E-state index < -0.39 is 0 Å². The molecule has 1 aromatic carbocycles. The van der Waals surface area contributed by atoms with Crippen LogP contribution >= 0.6 is 0 Å². The number of fused-ring (bicyclic) bond motifs is 7. The van der Waals surface area contributed by atoms with Crippen LogP contribution in [0.1, 0.15) is 0 Å². The molecule has 0 fully saturated rings. The summed E-state index contributed by atoms with van der Waals surface area (Å²) in [5.41, 5.74) is 5.22. The molecule has 0 N–H and O–H groups in total. The average Bonchev–Trinajstić information content (AvgIpc) is 2.60. The van der Waals surface area contributed by atoms with Gasteiger partial charge >= 0.3 is 0 Å². The van der Waals surface area contributed by atoms with Crippen LogP contribution in [0.4, 0.5) is 0 Å². The third kappa shape index (κ3) is 1.70. The smallest absolute Gasteiger partial charge is 0.196 e. The minimum Gasteiger partial charge on any atom is -0.254 e. The number of aromatic nitrogens is 5. The van der Waals surface area contributed by atoms with E-state index in [1.54, 1.807) is 12.4 Å². The molecule has 4 aromatic heterocycles. The van der Waals surface area contributed by atoms with Crippen molar-refractivity contribution in [2.45, 2.75) is 0 Å². The van der Waals surface area contributed by atoms with Crippen molar-refractivity contribution in [2.75, 3.05) is 0 Å². The number of pyridine rings is 3. The molecule has 0 saturated carbocycles. The molecule has 0 saturated heterocycles. The van der Waals surface area contributed by atoms with Gasteiger partial charge in [-0.05, 0) is 24.3 Å². The molecule has 5 heteroatoms. The van der Waals surface area contributed by atoms with Gasteiger partial charge in [-0.1, -0.05) is 0 Å². The highest BCUT2D eigenvalue weighted by molar-refractivity contribution is 6.21. The van der Waals surface area contributed by atoms with Gasteiger partial charge in [0, 0.05) is 29.2 Å². The van der Waals surface area contributed by atoms with Crippen molar-refractivity contribution >= 4 is 43.9 Å². The average molecular weight is 298 g/mol. The summed E-state index contributed by atoms with van der Waals surface area (Å²) in [6.07, 6.45) is 7.54. The summed E-state index contributed by atoms with van der Waals surface area (Å²) >= 11 is 0. The Balaban J connectivity index is 2.14. The van der Waals surface area contributed by atoms with E-state index in [4.69, 9.17) is 9.97 Å². The third-order valence-corrected chi connectivity index (χ3v) is 4.09. The fourth-order valence-electron chi connectivity index (χ4n) is 3.05. The largest absolute Gasteiger partial charge is 0.254 e. The second-order valence-electron chi connectivity index (χ2n) is 5.60. The topological polar surface area (TPSA) is 55.4 Å². The summed E-state index contributed by atoms with van der Waals surface area (Å²) in [5.74, 6) is 0. The van der Waals surface area contributed by atoms with E-state index in [1.807, 2.05) is 54.3 Å². The second kappa shape index (κ2) is 4.39. The van der Waals surface area contributed by atoms with Crippen molar-refractivity contribution in [3.05, 3.63) is 55.1 Å². The summed E-state index contributed by atoms with van der Waals surface area (Å²) in [6, 6.07) is 9.89. The van der Waals surface area contributed by atoms with Crippen LogP contribution in [0.3, 0.4) is 0 Å². The molecule has 108 valence electrons. The molecule has 0 atom stereocenters. The highest BCUT2D eigenvalue weighted by Crippen LogP contribution is 2.31. The predicted octanol–water partition coefficient (Wildman–Crippen LogP) is 2.70. The maximum atomic E-state index is 4.87. The molecule has 5 aromatic rings. The van der Waals surface area contributed by atoms with Crippen molar-refractivity contribution in [2.24, 2.45) is 7.05 Å². The monoisotopic (exact) mass is 298 g/mol. The molecule has 0 amide bonds. The number of hydrogen-bond donors (Lipinski definition) is 0. The number of aryl methyl sites for hydroxylation is 1. The maximum Gasteiger partial charge on any atom is 0.196 e. The first-order valence-electron chi connectivity index (χ1n) is 7.39. The van der Waals surface area contributed by atoms with E-state index in [9.17, 15) is 0 Å². The summed E-state index contributed by atoms with van der Waals surface area (Å²) in [5, 5.41) is 1.96. The Morgan fingerprint density at radius 1 is 0.739 bits per heavy atom. The molecule has 23 heavy (non-hydrogen) atoms. The first-order valence-corrected chi connectivity index (χ1v) is 7.39. The number of rotatable bonds is 0. The van der Waals surface area contributed by atoms with Crippen molar-refractivity contribution < 1.29 is 4.57 Å². The third-order valence-electron chi connectivity index (χ3n) is 4.09. The zero-order chi connectivity index (χ0) is 15.4. The fraction of sp³-hybridized carbons (Fsp3) is 0.0556. The molecule has 0 bridgehead atoms. The lowest BCUT2D eigenvalue weighted by molar-refractivity contribution is -0.670. The molecule has 0 aliphatic heterocycles. The van der Waals surface area contributed by atoms with Crippen LogP contribution in [0.5, 0.6) is 0 Å². The maximum absolute atomic E-state index is 4.87. The highest BCUT2D eigenvalue weighted by atomic mass is 14.9. The lowest BCUT2D eigenvalue weighted by Gasteiger charge is -2.07. The molecule has 0 radical (unpaired) electrons. The quantitative estimate of drug-likeness (QED) is 0.250. The summed E-state index contributed by atoms with van der Waals surface area (Å²) in [7, 11) is 1.98. The Morgan fingerprint density at radius 3 is 2.00 bits per heavy atom. The molecule has 0 aliphatic rings. The van der Waals surface area contributed by atoms with E-state index in [0.717, 1.165) is 43.9 Å². The van der Waals surface area contributed by atoms with E-state index >= 15 is 0 Å². The van der Waals surface area contributed by atoms with Crippen LogP contribution < -0.4 is 4.57 Å². The van der Waals surface area contributed by atoms with Gasteiger partial charge < -0.3 is 0 Å². The Labute approximate surface area is 131 Å². The van der Waals surface area contributed by atoms with Gasteiger partial charge in [0.2, 0.25) is 0 Å². The van der Waals surface area contributed by atoms with Crippen molar-refractivity contribution in [1.82, 2.24) is 19.9 Å². The number of hydrogen-bond acceptors (Lipinski definition) is 4. The van der Waals surface area contributed by atoms with Gasteiger partial charge in [-0.2, -0.15) is 0 Å². The Hall–Kier alpha value is -3.21. The van der Waals surface area contributed by atoms with Crippen molar-refractivity contribution in [1.29, 1.82) is 0 Å². The zero-order valence-corrected chi connectivity index (χ0v) is 12.4. The second-order valence-corrected chi connectivity index (χ2v) is 5.60. The van der Waals surface area contributed by atoms with Gasteiger partial charge in [0.25, 0.3) is 0 Å². The van der Waals surface area contributed by atoms with Crippen LogP contribution in [0.25, 0.3) is 43.9 Å². The fourth-order valence-corrected chi connectivity index (χ4v) is 3.05. The van der Waals surface area contributed by atoms with Crippen LogP contribution in [-0.2, 0) is 7.05 Å². The van der Waals surface area contributed by atoms with E-state index in [-0.39, 0.29) is 0 Å². The number of nitrogens with zero attached hydrogens (tertiary/aromatic N) is 5. The minimum absolute atomic E-state index is 0.865. The van der Waals surface area contributed by atoms with Gasteiger partial charge in [-0.15, -0.1) is 0 Å². The molecule has 0 unspecified atom stereocenters. The van der Waals surface area contributed by atoms with Crippen LogP contribution in [0.15, 0.2) is 55.1 Å². The van der Waals surface area contributed by atoms with Crippen LogP contribution in [-0.4, -0.2) is 19.9 Å². The lowest BCUT2D eigenvalue weighted by Crippen LogP contribution is -2.26. The first-order chi connectivity index (χ1) is 11.3. The number of benzene rings is 1. The Morgan fingerprint density at radius 2 is 1.35 bits per heavy atom. The molecule has 5 nitrogen and oxygen atoms in total. The molecular weight excluding hydrogens is 286 g/mol. The summed E-state index contributed by atoms with van der Waals surface area (Å²) < 4.78 is 1.98. The van der Waals surface area contributed by atoms with Gasteiger partial charge in [0.05, 0.1) is 22.1 Å². The summed E-state index contributed by atoms with van der Waals surface area (Å²) in [6.45, 7) is 0. The van der Waals surface area contributed by atoms with Crippen molar-refractivity contribution in [3.8, 4) is 0 Å².